The minimum absolute atomic E-state index is 0.0144. The van der Waals surface area contributed by atoms with Gasteiger partial charge in [-0.05, 0) is 12.1 Å². The molecule has 1 saturated heterocycles. The zero-order valence-electron chi connectivity index (χ0n) is 21.5. The van der Waals surface area contributed by atoms with Gasteiger partial charge in [-0.2, -0.15) is 0 Å². The average Bonchev–Trinajstić information content (AvgIpc) is 3.38. The van der Waals surface area contributed by atoms with Gasteiger partial charge in [0.15, 0.2) is 18.3 Å². The molecule has 3 rings (SSSR count). The Balaban J connectivity index is 1.86. The van der Waals surface area contributed by atoms with Gasteiger partial charge in [0.05, 0.1) is 11.1 Å². The number of ketones is 1. The molecule has 0 unspecified atom stereocenters. The minimum Gasteiger partial charge on any atom is -0.507 e. The average molecular weight is 566 g/mol. The highest BCUT2D eigenvalue weighted by molar-refractivity contribution is 7.07. The summed E-state index contributed by atoms with van der Waals surface area (Å²) in [4.78, 5) is 63.6. The number of benzene rings is 1. The first kappa shape index (κ1) is 29.5. The van der Waals surface area contributed by atoms with E-state index in [1.165, 1.54) is 42.0 Å². The zero-order valence-corrected chi connectivity index (χ0v) is 22.3. The number of nitrogens with zero attached hydrogens (tertiary/aromatic N) is 1. The number of rotatable bonds is 10. The molecule has 1 aliphatic heterocycles. The van der Waals surface area contributed by atoms with Crippen molar-refractivity contribution < 1.29 is 57.5 Å². The van der Waals surface area contributed by atoms with Crippen molar-refractivity contribution in [3.8, 4) is 11.5 Å². The zero-order chi connectivity index (χ0) is 28.7. The molecule has 1 aromatic heterocycles. The summed E-state index contributed by atoms with van der Waals surface area (Å²) in [6, 6.07) is 4.01. The van der Waals surface area contributed by atoms with Crippen LogP contribution in [0.3, 0.4) is 0 Å². The van der Waals surface area contributed by atoms with E-state index in [0.29, 0.717) is 0 Å². The van der Waals surface area contributed by atoms with Crippen LogP contribution in [0, 0.1) is 0 Å². The van der Waals surface area contributed by atoms with Gasteiger partial charge in [0.25, 0.3) is 0 Å². The maximum atomic E-state index is 12.5. The smallest absolute Gasteiger partial charge is 0.303 e. The number of phenolic OH excluding ortho intramolecular Hbond substituents is 1. The normalized spacial score (nSPS) is 22.3. The fraction of sp³-hybridized carbons (Fsp3) is 0.440. The van der Waals surface area contributed by atoms with Crippen LogP contribution in [-0.4, -0.2) is 83.5 Å². The van der Waals surface area contributed by atoms with Crippen LogP contribution in [0.25, 0.3) is 0 Å². The third kappa shape index (κ3) is 7.97. The van der Waals surface area contributed by atoms with Gasteiger partial charge in [0.1, 0.15) is 42.6 Å². The van der Waals surface area contributed by atoms with Gasteiger partial charge < -0.3 is 33.5 Å². The van der Waals surface area contributed by atoms with E-state index < -0.39 is 60.2 Å². The van der Waals surface area contributed by atoms with Gasteiger partial charge in [-0.3, -0.25) is 24.0 Å². The van der Waals surface area contributed by atoms with E-state index in [1.807, 2.05) is 0 Å². The predicted molar refractivity (Wildman–Crippen MR) is 131 cm³/mol. The standard InChI is InChI=1S/C25H27NO12S/c1-12(27)33-8-20-23(35-13(2)28)25(37-15(4)30)24(36-14(3)29)21(38-20)9-34-16-5-6-17(19(31)7-16)22(32)18-10-39-11-26-18/h5-7,10-11,20-21,23-25,31H,8-9H2,1-4H3/t20-,21+,23-,24-,25-/m0/s1. The molecule has 1 fully saturated rings. The highest BCUT2D eigenvalue weighted by Gasteiger charge is 2.52. The van der Waals surface area contributed by atoms with Crippen LogP contribution in [0.1, 0.15) is 43.7 Å². The Labute approximate surface area is 226 Å². The van der Waals surface area contributed by atoms with E-state index >= 15 is 0 Å². The Morgan fingerprint density at radius 2 is 1.46 bits per heavy atom. The number of esters is 4. The molecule has 1 aromatic carbocycles. The molecule has 0 spiro atoms. The van der Waals surface area contributed by atoms with Gasteiger partial charge in [0, 0.05) is 39.1 Å². The summed E-state index contributed by atoms with van der Waals surface area (Å²) in [6.45, 7) is 3.86. The topological polar surface area (TPSA) is 174 Å². The molecule has 13 nitrogen and oxygen atoms in total. The lowest BCUT2D eigenvalue weighted by atomic mass is 9.94. The number of hydrogen-bond donors (Lipinski definition) is 1. The van der Waals surface area contributed by atoms with Crippen molar-refractivity contribution in [2.24, 2.45) is 0 Å². The van der Waals surface area contributed by atoms with Gasteiger partial charge in [-0.1, -0.05) is 0 Å². The number of carbonyl (C=O) groups is 5. The maximum Gasteiger partial charge on any atom is 0.303 e. The lowest BCUT2D eigenvalue weighted by molar-refractivity contribution is -0.255. The minimum atomic E-state index is -1.33. The van der Waals surface area contributed by atoms with Crippen LogP contribution in [0.4, 0.5) is 0 Å². The molecule has 2 aromatic rings. The molecule has 0 aliphatic carbocycles. The van der Waals surface area contributed by atoms with Crippen LogP contribution in [0.5, 0.6) is 11.5 Å². The van der Waals surface area contributed by atoms with Crippen LogP contribution in [-0.2, 0) is 42.9 Å². The fourth-order valence-corrected chi connectivity index (χ4v) is 4.42. The summed E-state index contributed by atoms with van der Waals surface area (Å²) in [5, 5.41) is 12.0. The van der Waals surface area contributed by atoms with Crippen molar-refractivity contribution in [1.29, 1.82) is 0 Å². The van der Waals surface area contributed by atoms with E-state index in [0.717, 1.165) is 20.8 Å². The number of aromatic nitrogens is 1. The number of phenols is 1. The number of thiazole rings is 1. The summed E-state index contributed by atoms with van der Waals surface area (Å²) in [7, 11) is 0. The van der Waals surface area contributed by atoms with E-state index in [9.17, 15) is 29.1 Å². The Hall–Kier alpha value is -4.04. The van der Waals surface area contributed by atoms with Gasteiger partial charge in [-0.25, -0.2) is 4.98 Å². The van der Waals surface area contributed by atoms with Crippen LogP contribution >= 0.6 is 11.3 Å². The number of aromatic hydroxyl groups is 1. The third-order valence-electron chi connectivity index (χ3n) is 5.38. The second kappa shape index (κ2) is 13.2. The fourth-order valence-electron chi connectivity index (χ4n) is 3.89. The van der Waals surface area contributed by atoms with Crippen molar-refractivity contribution in [1.82, 2.24) is 4.98 Å². The molecule has 14 heteroatoms. The Kier molecular flexibility index (Phi) is 9.95. The highest BCUT2D eigenvalue weighted by Crippen LogP contribution is 2.31. The van der Waals surface area contributed by atoms with E-state index in [4.69, 9.17) is 28.4 Å². The molecule has 210 valence electrons. The Morgan fingerprint density at radius 1 is 0.872 bits per heavy atom. The monoisotopic (exact) mass is 565 g/mol. The van der Waals surface area contributed by atoms with Gasteiger partial charge in [-0.15, -0.1) is 11.3 Å². The SMILES string of the molecule is CC(=O)OC[C@@H]1O[C@H](COc2ccc(C(=O)c3cscn3)c(O)c2)[C@H](OC(C)=O)[C@@H](OC(C)=O)[C@H]1OC(C)=O. The van der Waals surface area contributed by atoms with Crippen molar-refractivity contribution in [3.05, 3.63) is 40.3 Å². The molecule has 0 saturated carbocycles. The summed E-state index contributed by atoms with van der Waals surface area (Å²) >= 11 is 1.24. The summed E-state index contributed by atoms with van der Waals surface area (Å²) in [5.41, 5.74) is 1.69. The molecule has 0 amide bonds. The molecular formula is C25H27NO12S. The van der Waals surface area contributed by atoms with Crippen molar-refractivity contribution in [2.75, 3.05) is 13.2 Å². The molecule has 5 atom stereocenters. The number of hydrogen-bond acceptors (Lipinski definition) is 14. The second-order valence-corrected chi connectivity index (χ2v) is 9.15. The third-order valence-corrected chi connectivity index (χ3v) is 5.97. The van der Waals surface area contributed by atoms with Crippen LogP contribution in [0.2, 0.25) is 0 Å². The summed E-state index contributed by atoms with van der Waals surface area (Å²) in [5.74, 6) is -3.57. The molecular weight excluding hydrogens is 538 g/mol. The number of carbonyl (C=O) groups excluding carboxylic acids is 5. The quantitative estimate of drug-likeness (QED) is 0.250. The number of ether oxygens (including phenoxy) is 6. The maximum absolute atomic E-state index is 12.5. The second-order valence-electron chi connectivity index (χ2n) is 8.43. The molecule has 1 N–H and O–H groups in total. The molecule has 39 heavy (non-hydrogen) atoms. The lowest BCUT2D eigenvalue weighted by Crippen LogP contribution is -2.63. The van der Waals surface area contributed by atoms with E-state index in [2.05, 4.69) is 4.98 Å². The van der Waals surface area contributed by atoms with Crippen LogP contribution < -0.4 is 4.74 Å². The van der Waals surface area contributed by atoms with Crippen molar-refractivity contribution in [2.45, 2.75) is 58.2 Å². The van der Waals surface area contributed by atoms with E-state index in [-0.39, 0.29) is 36.0 Å². The Morgan fingerprint density at radius 3 is 1.97 bits per heavy atom. The molecule has 0 bridgehead atoms. The molecule has 2 heterocycles. The lowest BCUT2D eigenvalue weighted by Gasteiger charge is -2.44. The van der Waals surface area contributed by atoms with E-state index in [1.54, 1.807) is 5.38 Å². The summed E-state index contributed by atoms with van der Waals surface area (Å²) in [6.07, 6.45) is -6.13. The van der Waals surface area contributed by atoms with Gasteiger partial charge in [0.2, 0.25) is 5.78 Å². The Bertz CT molecular complexity index is 1210. The van der Waals surface area contributed by atoms with Crippen molar-refractivity contribution >= 4 is 41.0 Å². The van der Waals surface area contributed by atoms with Crippen molar-refractivity contribution in [3.63, 3.8) is 0 Å². The summed E-state index contributed by atoms with van der Waals surface area (Å²) < 4.78 is 32.8. The van der Waals surface area contributed by atoms with Crippen LogP contribution in [0.15, 0.2) is 29.1 Å². The predicted octanol–water partition coefficient (Wildman–Crippen LogP) is 1.58. The largest absolute Gasteiger partial charge is 0.507 e. The first-order chi connectivity index (χ1) is 18.5. The molecule has 1 aliphatic rings. The first-order valence-electron chi connectivity index (χ1n) is 11.7. The molecule has 0 radical (unpaired) electrons. The first-order valence-corrected chi connectivity index (χ1v) is 12.6. The van der Waals surface area contributed by atoms with Gasteiger partial charge >= 0.3 is 23.9 Å². The highest BCUT2D eigenvalue weighted by atomic mass is 32.1.